The number of primary amides is 1. The molecule has 2 atom stereocenters. The van der Waals surface area contributed by atoms with Gasteiger partial charge in [-0.15, -0.1) is 0 Å². The summed E-state index contributed by atoms with van der Waals surface area (Å²) < 4.78 is 26.3. The number of nitrogen functional groups attached to an aromatic ring is 1. The monoisotopic (exact) mass is 665 g/mol. The van der Waals surface area contributed by atoms with Crippen molar-refractivity contribution in [1.82, 2.24) is 10.3 Å². The van der Waals surface area contributed by atoms with Gasteiger partial charge in [0, 0.05) is 46.6 Å². The van der Waals surface area contributed by atoms with Gasteiger partial charge in [0.1, 0.15) is 35.0 Å². The molecule has 1 aromatic heterocycles. The lowest BCUT2D eigenvalue weighted by Crippen LogP contribution is -2.40. The number of anilines is 1. The van der Waals surface area contributed by atoms with Crippen molar-refractivity contribution in [3.05, 3.63) is 68.6 Å². The Kier molecular flexibility index (Phi) is 7.84. The normalized spacial score (nSPS) is 21.1. The Morgan fingerprint density at radius 2 is 1.93 bits per heavy atom. The molecule has 7 rings (SSSR count). The SMILES string of the molecule is C[C@]1(C(N)=O)COc2c1cc([C@@H](CNC(=O)c1cc(C=NC3CC3)c(N)c(OC3CC3)c1)C1CC1)nc2-c1ccc(F)c(Cl)c1Cl. The predicted octanol–water partition coefficient (Wildman–Crippen LogP) is 5.96. The zero-order valence-electron chi connectivity index (χ0n) is 25.2. The molecule has 0 unspecified atom stereocenters. The number of ether oxygens (including phenoxy) is 2. The third-order valence-electron chi connectivity index (χ3n) is 9.21. The van der Waals surface area contributed by atoms with E-state index in [1.165, 1.54) is 12.1 Å². The van der Waals surface area contributed by atoms with Crippen molar-refractivity contribution in [3.8, 4) is 22.8 Å². The lowest BCUT2D eigenvalue weighted by atomic mass is 9.82. The highest BCUT2D eigenvalue weighted by molar-refractivity contribution is 6.43. The first-order valence-corrected chi connectivity index (χ1v) is 16.3. The first-order chi connectivity index (χ1) is 22.0. The van der Waals surface area contributed by atoms with E-state index in [1.54, 1.807) is 25.3 Å². The standard InChI is InChI=1S/C34H34Cl2FN5O4/c1-34(33(39)44)15-45-31-23(34)12-25(42-30(31)21-8-9-24(37)28(36)27(21)35)22(16-2-3-16)14-41-32(43)17-10-18(13-40-19-4-5-19)29(38)26(11-17)46-20-6-7-20/h8-13,16,19-20,22H,2-7,14-15,38H2,1H3,(H2,39,44)(H,41,43)/t22-,34-/m0/s1. The van der Waals surface area contributed by atoms with E-state index >= 15 is 0 Å². The minimum Gasteiger partial charge on any atom is -0.489 e. The van der Waals surface area contributed by atoms with Crippen molar-refractivity contribution in [3.63, 3.8) is 0 Å². The summed E-state index contributed by atoms with van der Waals surface area (Å²) in [6, 6.07) is 8.26. The Bertz CT molecular complexity index is 1790. The number of rotatable bonds is 11. The van der Waals surface area contributed by atoms with E-state index in [0.717, 1.165) is 38.5 Å². The van der Waals surface area contributed by atoms with Gasteiger partial charge in [0.15, 0.2) is 0 Å². The van der Waals surface area contributed by atoms with Gasteiger partial charge >= 0.3 is 0 Å². The maximum atomic E-state index is 14.2. The maximum absolute atomic E-state index is 14.2. The zero-order chi connectivity index (χ0) is 32.3. The third-order valence-corrected chi connectivity index (χ3v) is 10.1. The minimum atomic E-state index is -1.13. The molecule has 9 nitrogen and oxygen atoms in total. The van der Waals surface area contributed by atoms with Crippen molar-refractivity contribution in [1.29, 1.82) is 0 Å². The Labute approximate surface area is 275 Å². The minimum absolute atomic E-state index is 0.0158. The number of amides is 2. The van der Waals surface area contributed by atoms with Crippen LogP contribution in [-0.4, -0.2) is 48.3 Å². The molecule has 2 aromatic carbocycles. The molecule has 2 amide bonds. The van der Waals surface area contributed by atoms with E-state index in [1.807, 2.05) is 6.07 Å². The van der Waals surface area contributed by atoms with Crippen molar-refractivity contribution in [2.75, 3.05) is 18.9 Å². The van der Waals surface area contributed by atoms with E-state index in [4.69, 9.17) is 49.1 Å². The van der Waals surface area contributed by atoms with Crippen molar-refractivity contribution >= 4 is 46.9 Å². The van der Waals surface area contributed by atoms with Gasteiger partial charge in [-0.1, -0.05) is 23.2 Å². The van der Waals surface area contributed by atoms with Crippen LogP contribution < -0.4 is 26.3 Å². The first-order valence-electron chi connectivity index (χ1n) is 15.6. The highest BCUT2D eigenvalue weighted by atomic mass is 35.5. The molecule has 240 valence electrons. The van der Waals surface area contributed by atoms with Crippen LogP contribution in [0.5, 0.6) is 11.5 Å². The number of nitrogens with one attached hydrogen (secondary N) is 1. The van der Waals surface area contributed by atoms with Crippen LogP contribution in [0.4, 0.5) is 10.1 Å². The Balaban J connectivity index is 1.22. The highest BCUT2D eigenvalue weighted by Crippen LogP contribution is 2.50. The maximum Gasteiger partial charge on any atom is 0.251 e. The van der Waals surface area contributed by atoms with Gasteiger partial charge < -0.3 is 26.3 Å². The van der Waals surface area contributed by atoms with E-state index in [9.17, 15) is 14.0 Å². The molecule has 46 heavy (non-hydrogen) atoms. The van der Waals surface area contributed by atoms with Gasteiger partial charge in [0.2, 0.25) is 5.91 Å². The number of halogens is 3. The number of fused-ring (bicyclic) bond motifs is 1. The fourth-order valence-corrected chi connectivity index (χ4v) is 6.17. The van der Waals surface area contributed by atoms with Crippen LogP contribution in [0.1, 0.15) is 78.5 Å². The zero-order valence-corrected chi connectivity index (χ0v) is 26.8. The molecule has 0 spiro atoms. The molecule has 4 aliphatic rings. The summed E-state index contributed by atoms with van der Waals surface area (Å²) in [5.41, 5.74) is 14.6. The van der Waals surface area contributed by atoms with Gasteiger partial charge in [-0.3, -0.25) is 14.6 Å². The molecule has 3 aromatic rings. The summed E-state index contributed by atoms with van der Waals surface area (Å²) >= 11 is 12.7. The fourth-order valence-electron chi connectivity index (χ4n) is 5.76. The summed E-state index contributed by atoms with van der Waals surface area (Å²) in [7, 11) is 0. The number of hydrogen-bond donors (Lipinski definition) is 3. The Morgan fingerprint density at radius 3 is 2.61 bits per heavy atom. The van der Waals surface area contributed by atoms with Crippen LogP contribution >= 0.6 is 23.2 Å². The number of hydrogen-bond acceptors (Lipinski definition) is 7. The average molecular weight is 667 g/mol. The van der Waals surface area contributed by atoms with Crippen LogP contribution in [0.15, 0.2) is 35.3 Å². The van der Waals surface area contributed by atoms with Gasteiger partial charge in [-0.2, -0.15) is 0 Å². The predicted molar refractivity (Wildman–Crippen MR) is 175 cm³/mol. The second-order valence-electron chi connectivity index (χ2n) is 12.9. The van der Waals surface area contributed by atoms with Gasteiger partial charge in [0.05, 0.1) is 27.9 Å². The number of carbonyl (C=O) groups is 2. The quantitative estimate of drug-likeness (QED) is 0.131. The molecule has 0 radical (unpaired) electrons. The molecular weight excluding hydrogens is 632 g/mol. The summed E-state index contributed by atoms with van der Waals surface area (Å²) in [5.74, 6) is -0.632. The van der Waals surface area contributed by atoms with Crippen LogP contribution in [0.3, 0.4) is 0 Å². The van der Waals surface area contributed by atoms with Crippen LogP contribution in [0.2, 0.25) is 10.0 Å². The Morgan fingerprint density at radius 1 is 1.17 bits per heavy atom. The number of pyridine rings is 1. The lowest BCUT2D eigenvalue weighted by Gasteiger charge is -2.23. The van der Waals surface area contributed by atoms with Crippen molar-refractivity contribution < 1.29 is 23.5 Å². The summed E-state index contributed by atoms with van der Waals surface area (Å²) in [4.78, 5) is 35.9. The summed E-state index contributed by atoms with van der Waals surface area (Å²) in [5, 5.41) is 2.84. The lowest BCUT2D eigenvalue weighted by molar-refractivity contribution is -0.123. The molecule has 1 aliphatic heterocycles. The third kappa shape index (κ3) is 5.88. The number of aromatic nitrogens is 1. The molecule has 12 heteroatoms. The number of nitrogens with zero attached hydrogens (tertiary/aromatic N) is 2. The topological polar surface area (TPSA) is 142 Å². The van der Waals surface area contributed by atoms with Crippen LogP contribution in [0.25, 0.3) is 11.3 Å². The second kappa shape index (κ2) is 11.7. The molecule has 0 saturated heterocycles. The van der Waals surface area contributed by atoms with E-state index in [2.05, 4.69) is 10.3 Å². The van der Waals surface area contributed by atoms with E-state index in [0.29, 0.717) is 56.9 Å². The van der Waals surface area contributed by atoms with Gasteiger partial charge in [-0.05, 0) is 81.7 Å². The number of carbonyl (C=O) groups excluding carboxylic acids is 2. The van der Waals surface area contributed by atoms with E-state index < -0.39 is 17.1 Å². The van der Waals surface area contributed by atoms with E-state index in [-0.39, 0.29) is 47.0 Å². The van der Waals surface area contributed by atoms with Gasteiger partial charge in [-0.25, -0.2) is 9.37 Å². The molecule has 5 N–H and O–H groups in total. The highest BCUT2D eigenvalue weighted by Gasteiger charge is 2.45. The molecule has 3 aliphatic carbocycles. The first kappa shape index (κ1) is 30.7. The summed E-state index contributed by atoms with van der Waals surface area (Å²) in [6.45, 7) is 2.01. The summed E-state index contributed by atoms with van der Waals surface area (Å²) in [6.07, 6.45) is 7.74. The smallest absolute Gasteiger partial charge is 0.251 e. The van der Waals surface area contributed by atoms with Crippen LogP contribution in [0, 0.1) is 11.7 Å². The number of benzene rings is 2. The fraction of sp³-hybridized carbons (Fsp3) is 0.412. The van der Waals surface area contributed by atoms with Crippen molar-refractivity contribution in [2.24, 2.45) is 16.6 Å². The van der Waals surface area contributed by atoms with Crippen molar-refractivity contribution in [2.45, 2.75) is 68.9 Å². The molecule has 0 bridgehead atoms. The molecular formula is C34H34Cl2FN5O4. The Hall–Kier alpha value is -3.89. The molecule has 2 heterocycles. The van der Waals surface area contributed by atoms with Crippen LogP contribution in [-0.2, 0) is 10.2 Å². The molecule has 3 fully saturated rings. The van der Waals surface area contributed by atoms with Gasteiger partial charge in [0.25, 0.3) is 5.91 Å². The number of aliphatic imine (C=N–C) groups is 1. The second-order valence-corrected chi connectivity index (χ2v) is 13.7. The average Bonchev–Trinajstić information content (AvgIpc) is 3.88. The number of nitrogens with two attached hydrogens (primary N) is 2. The largest absolute Gasteiger partial charge is 0.489 e. The molecule has 3 saturated carbocycles.